The summed E-state index contributed by atoms with van der Waals surface area (Å²) in [7, 11) is 1.66. The van der Waals surface area contributed by atoms with Gasteiger partial charge in [-0.2, -0.15) is 13.2 Å². The molecule has 0 unspecified atom stereocenters. The van der Waals surface area contributed by atoms with E-state index in [9.17, 15) is 13.2 Å². The van der Waals surface area contributed by atoms with Crippen molar-refractivity contribution in [2.75, 3.05) is 17.7 Å². The zero-order chi connectivity index (χ0) is 22.9. The predicted molar refractivity (Wildman–Crippen MR) is 114 cm³/mol. The van der Waals surface area contributed by atoms with Crippen molar-refractivity contribution < 1.29 is 17.9 Å². The Bertz CT molecular complexity index is 1110. The predicted octanol–water partition coefficient (Wildman–Crippen LogP) is 5.15. The van der Waals surface area contributed by atoms with E-state index in [4.69, 9.17) is 4.74 Å². The highest BCUT2D eigenvalue weighted by molar-refractivity contribution is 5.64. The summed E-state index contributed by atoms with van der Waals surface area (Å²) in [5, 5.41) is 6.37. The first-order valence-electron chi connectivity index (χ1n) is 10.2. The molecule has 0 amide bonds. The fourth-order valence-electron chi connectivity index (χ4n) is 3.30. The third kappa shape index (κ3) is 4.80. The molecule has 0 bridgehead atoms. The lowest BCUT2D eigenvalue weighted by atomic mass is 10.2. The lowest BCUT2D eigenvalue weighted by Gasteiger charge is -2.16. The molecular weight excluding hydrogens is 421 g/mol. The van der Waals surface area contributed by atoms with E-state index >= 15 is 0 Å². The van der Waals surface area contributed by atoms with E-state index in [1.165, 1.54) is 12.1 Å². The van der Waals surface area contributed by atoms with Gasteiger partial charge < -0.3 is 15.4 Å². The van der Waals surface area contributed by atoms with Gasteiger partial charge in [-0.3, -0.25) is 4.98 Å². The van der Waals surface area contributed by atoms with Crippen LogP contribution in [0.1, 0.15) is 38.1 Å². The lowest BCUT2D eigenvalue weighted by Crippen LogP contribution is -2.13. The Morgan fingerprint density at radius 1 is 1.03 bits per heavy atom. The van der Waals surface area contributed by atoms with Crippen LogP contribution in [0.2, 0.25) is 0 Å². The fourth-order valence-corrected chi connectivity index (χ4v) is 3.30. The van der Waals surface area contributed by atoms with E-state index in [1.54, 1.807) is 25.4 Å². The monoisotopic (exact) mass is 444 g/mol. The van der Waals surface area contributed by atoms with Gasteiger partial charge in [-0.25, -0.2) is 15.0 Å². The number of methoxy groups -OCH3 is 1. The summed E-state index contributed by atoms with van der Waals surface area (Å²) in [5.41, 5.74) is 0.237. The lowest BCUT2D eigenvalue weighted by molar-refractivity contribution is -0.141. The topological polar surface area (TPSA) is 84.9 Å². The van der Waals surface area contributed by atoms with Crippen LogP contribution in [0.15, 0.2) is 42.6 Å². The highest BCUT2D eigenvalue weighted by Crippen LogP contribution is 2.48. The minimum absolute atomic E-state index is 0.0296. The van der Waals surface area contributed by atoms with Crippen molar-refractivity contribution >= 4 is 17.3 Å². The molecule has 2 N–H and O–H groups in total. The maximum absolute atomic E-state index is 13.1. The molecule has 3 aromatic rings. The van der Waals surface area contributed by atoms with Gasteiger partial charge in [0.15, 0.2) is 5.82 Å². The zero-order valence-electron chi connectivity index (χ0n) is 17.9. The molecule has 3 heterocycles. The van der Waals surface area contributed by atoms with Crippen LogP contribution < -0.4 is 10.6 Å². The Morgan fingerprint density at radius 3 is 2.44 bits per heavy atom. The van der Waals surface area contributed by atoms with Gasteiger partial charge in [0.25, 0.3) is 0 Å². The van der Waals surface area contributed by atoms with Crippen molar-refractivity contribution in [1.29, 1.82) is 0 Å². The molecule has 1 aliphatic rings. The number of nitrogens with zero attached hydrogens (tertiary/aromatic N) is 4. The van der Waals surface area contributed by atoms with Crippen LogP contribution in [0.25, 0.3) is 11.5 Å². The van der Waals surface area contributed by atoms with Crippen LogP contribution >= 0.6 is 0 Å². The fraction of sp³-hybridized carbons (Fsp3) is 0.364. The normalized spacial score (nSPS) is 15.0. The Hall–Kier alpha value is -3.27. The Balaban J connectivity index is 1.70. The molecule has 0 saturated heterocycles. The number of alkyl halides is 3. The first-order valence-corrected chi connectivity index (χ1v) is 10.2. The van der Waals surface area contributed by atoms with Crippen LogP contribution in [0.5, 0.6) is 0 Å². The molecule has 1 aliphatic carbocycles. The van der Waals surface area contributed by atoms with Crippen molar-refractivity contribution in [3.05, 3.63) is 54.0 Å². The first-order chi connectivity index (χ1) is 15.2. The van der Waals surface area contributed by atoms with E-state index in [1.807, 2.05) is 19.9 Å². The van der Waals surface area contributed by atoms with Crippen molar-refractivity contribution in [1.82, 2.24) is 19.9 Å². The van der Waals surface area contributed by atoms with Gasteiger partial charge >= 0.3 is 6.18 Å². The Morgan fingerprint density at radius 2 is 1.78 bits per heavy atom. The SMILES string of the molecule is COC1(c2cc(Nc3cc(NC(C)C)nc(-c4cccc(C(F)(F)F)n4)n3)ccn2)CC1. The molecule has 0 aliphatic heterocycles. The van der Waals surface area contributed by atoms with Crippen LogP contribution in [-0.2, 0) is 16.5 Å². The third-order valence-corrected chi connectivity index (χ3v) is 5.03. The van der Waals surface area contributed by atoms with Gasteiger partial charge in [-0.15, -0.1) is 0 Å². The molecular formula is C22H23F3N6O. The second kappa shape index (κ2) is 8.34. The molecule has 0 spiro atoms. The second-order valence-electron chi connectivity index (χ2n) is 7.92. The molecule has 7 nitrogen and oxygen atoms in total. The molecule has 32 heavy (non-hydrogen) atoms. The summed E-state index contributed by atoms with van der Waals surface area (Å²) in [4.78, 5) is 16.9. The molecule has 0 radical (unpaired) electrons. The number of pyridine rings is 2. The van der Waals surface area contributed by atoms with Crippen LogP contribution in [0.4, 0.5) is 30.5 Å². The number of halogens is 3. The smallest absolute Gasteiger partial charge is 0.372 e. The summed E-state index contributed by atoms with van der Waals surface area (Å²) < 4.78 is 45.0. The van der Waals surface area contributed by atoms with E-state index in [0.717, 1.165) is 30.3 Å². The zero-order valence-corrected chi connectivity index (χ0v) is 17.9. The molecule has 3 aromatic heterocycles. The van der Waals surface area contributed by atoms with Crippen molar-refractivity contribution in [3.8, 4) is 11.5 Å². The molecule has 1 fully saturated rings. The van der Waals surface area contributed by atoms with Crippen LogP contribution in [0, 0.1) is 0 Å². The number of nitrogens with one attached hydrogen (secondary N) is 2. The van der Waals surface area contributed by atoms with Crippen molar-refractivity contribution in [2.45, 2.75) is 44.5 Å². The molecule has 1 saturated carbocycles. The Kier molecular flexibility index (Phi) is 5.72. The van der Waals surface area contributed by atoms with Gasteiger partial charge in [-0.05, 0) is 51.0 Å². The summed E-state index contributed by atoms with van der Waals surface area (Å²) in [6.45, 7) is 3.87. The molecule has 4 rings (SSSR count). The van der Waals surface area contributed by atoms with Crippen LogP contribution in [-0.4, -0.2) is 33.1 Å². The molecule has 10 heteroatoms. The van der Waals surface area contributed by atoms with Crippen molar-refractivity contribution in [3.63, 3.8) is 0 Å². The highest BCUT2D eigenvalue weighted by atomic mass is 19.4. The highest BCUT2D eigenvalue weighted by Gasteiger charge is 2.46. The number of aromatic nitrogens is 4. The van der Waals surface area contributed by atoms with E-state index in [2.05, 4.69) is 30.6 Å². The Labute approximate surface area is 183 Å². The minimum atomic E-state index is -4.56. The van der Waals surface area contributed by atoms with E-state index in [0.29, 0.717) is 11.6 Å². The number of rotatable bonds is 7. The summed E-state index contributed by atoms with van der Waals surface area (Å²) in [5.74, 6) is 0.961. The number of hydrogen-bond acceptors (Lipinski definition) is 7. The van der Waals surface area contributed by atoms with Gasteiger partial charge in [0.05, 0.1) is 5.69 Å². The minimum Gasteiger partial charge on any atom is -0.372 e. The number of hydrogen-bond donors (Lipinski definition) is 2. The number of anilines is 3. The molecule has 0 atom stereocenters. The first kappa shape index (κ1) is 21.9. The van der Waals surface area contributed by atoms with E-state index < -0.39 is 11.9 Å². The van der Waals surface area contributed by atoms with Crippen molar-refractivity contribution in [2.24, 2.45) is 0 Å². The largest absolute Gasteiger partial charge is 0.433 e. The third-order valence-electron chi connectivity index (χ3n) is 5.03. The van der Waals surface area contributed by atoms with E-state index in [-0.39, 0.29) is 23.2 Å². The second-order valence-corrected chi connectivity index (χ2v) is 7.92. The quantitative estimate of drug-likeness (QED) is 0.521. The average molecular weight is 444 g/mol. The van der Waals surface area contributed by atoms with Crippen LogP contribution in [0.3, 0.4) is 0 Å². The van der Waals surface area contributed by atoms with Gasteiger partial charge in [0.2, 0.25) is 0 Å². The standard InChI is InChI=1S/C22H23F3N6O/c1-13(2)27-18-12-19(28-14-7-10-26-17(11-14)21(32-3)8-9-21)31-20(30-18)15-5-4-6-16(29-15)22(23,24)25/h4-7,10-13H,8-9H2,1-3H3,(H2,26,27,28,30,31). The maximum Gasteiger partial charge on any atom is 0.433 e. The molecule has 0 aromatic carbocycles. The summed E-state index contributed by atoms with van der Waals surface area (Å²) in [6, 6.07) is 9.09. The average Bonchev–Trinajstić information content (AvgIpc) is 3.54. The number of ether oxygens (including phenoxy) is 1. The summed E-state index contributed by atoms with van der Waals surface area (Å²) in [6.07, 6.45) is -1.07. The van der Waals surface area contributed by atoms with Gasteiger partial charge in [0.1, 0.15) is 28.6 Å². The molecule has 168 valence electrons. The maximum atomic E-state index is 13.1. The summed E-state index contributed by atoms with van der Waals surface area (Å²) >= 11 is 0. The van der Waals surface area contributed by atoms with Gasteiger partial charge in [-0.1, -0.05) is 6.07 Å². The van der Waals surface area contributed by atoms with Gasteiger partial charge in [0, 0.05) is 31.1 Å².